The second-order valence-corrected chi connectivity index (χ2v) is 5.78. The van der Waals surface area contributed by atoms with Crippen LogP contribution in [0.15, 0.2) is 24.3 Å². The maximum atomic E-state index is 3.34. The van der Waals surface area contributed by atoms with Crippen molar-refractivity contribution in [2.75, 3.05) is 40.3 Å². The molecule has 106 valence electrons. The van der Waals surface area contributed by atoms with Gasteiger partial charge in [-0.1, -0.05) is 29.8 Å². The molecule has 0 aromatic heterocycles. The van der Waals surface area contributed by atoms with Crippen LogP contribution in [0.1, 0.15) is 17.5 Å². The highest BCUT2D eigenvalue weighted by atomic mass is 15.2. The number of hydrogen-bond donors (Lipinski definition) is 1. The molecular formula is C16H27N3. The molecule has 0 aliphatic carbocycles. The zero-order chi connectivity index (χ0) is 13.7. The van der Waals surface area contributed by atoms with Crippen molar-refractivity contribution in [1.82, 2.24) is 15.1 Å². The molecule has 1 unspecified atom stereocenters. The molecule has 0 bridgehead atoms. The van der Waals surface area contributed by atoms with Gasteiger partial charge in [-0.25, -0.2) is 0 Å². The second kappa shape index (κ2) is 7.04. The summed E-state index contributed by atoms with van der Waals surface area (Å²) in [6.45, 7) is 7.85. The van der Waals surface area contributed by atoms with Crippen molar-refractivity contribution in [3.05, 3.63) is 35.4 Å². The summed E-state index contributed by atoms with van der Waals surface area (Å²) in [5.41, 5.74) is 2.77. The molecule has 1 fully saturated rings. The van der Waals surface area contributed by atoms with Crippen molar-refractivity contribution in [1.29, 1.82) is 0 Å². The van der Waals surface area contributed by atoms with Gasteiger partial charge in [0.15, 0.2) is 0 Å². The number of nitrogens with zero attached hydrogens (tertiary/aromatic N) is 2. The Morgan fingerprint density at radius 2 is 1.95 bits per heavy atom. The minimum atomic E-state index is 0.610. The molecule has 2 rings (SSSR count). The van der Waals surface area contributed by atoms with Gasteiger partial charge in [-0.3, -0.25) is 4.90 Å². The molecule has 1 atom stereocenters. The van der Waals surface area contributed by atoms with E-state index >= 15 is 0 Å². The maximum absolute atomic E-state index is 3.34. The van der Waals surface area contributed by atoms with Crippen LogP contribution in [0.4, 0.5) is 0 Å². The summed E-state index contributed by atoms with van der Waals surface area (Å²) < 4.78 is 0. The van der Waals surface area contributed by atoms with Crippen LogP contribution in [0.25, 0.3) is 0 Å². The molecular weight excluding hydrogens is 234 g/mol. The van der Waals surface area contributed by atoms with Crippen LogP contribution in [0.2, 0.25) is 0 Å². The van der Waals surface area contributed by atoms with Crippen molar-refractivity contribution in [3.63, 3.8) is 0 Å². The fraction of sp³-hybridized carbons (Fsp3) is 0.625. The van der Waals surface area contributed by atoms with Crippen LogP contribution in [-0.4, -0.2) is 56.1 Å². The van der Waals surface area contributed by atoms with E-state index < -0.39 is 0 Å². The molecule has 0 saturated carbocycles. The van der Waals surface area contributed by atoms with Crippen molar-refractivity contribution in [3.8, 4) is 0 Å². The van der Waals surface area contributed by atoms with Crippen LogP contribution < -0.4 is 5.32 Å². The number of nitrogens with one attached hydrogen (secondary N) is 1. The van der Waals surface area contributed by atoms with Gasteiger partial charge in [-0.15, -0.1) is 0 Å². The summed E-state index contributed by atoms with van der Waals surface area (Å²) in [5, 5.41) is 3.34. The van der Waals surface area contributed by atoms with Gasteiger partial charge in [0.2, 0.25) is 0 Å². The van der Waals surface area contributed by atoms with Gasteiger partial charge >= 0.3 is 0 Å². The zero-order valence-corrected chi connectivity index (χ0v) is 12.5. The van der Waals surface area contributed by atoms with Crippen LogP contribution in [-0.2, 0) is 6.54 Å². The Morgan fingerprint density at radius 1 is 1.21 bits per heavy atom. The quantitative estimate of drug-likeness (QED) is 0.890. The van der Waals surface area contributed by atoms with Crippen molar-refractivity contribution in [2.24, 2.45) is 0 Å². The fourth-order valence-electron chi connectivity index (χ4n) is 2.86. The van der Waals surface area contributed by atoms with E-state index in [4.69, 9.17) is 0 Å². The molecule has 1 N–H and O–H groups in total. The molecule has 1 heterocycles. The largest absolute Gasteiger partial charge is 0.318 e. The van der Waals surface area contributed by atoms with Crippen LogP contribution in [0, 0.1) is 6.92 Å². The normalized spacial score (nSPS) is 22.4. The van der Waals surface area contributed by atoms with Gasteiger partial charge in [0.1, 0.15) is 0 Å². The van der Waals surface area contributed by atoms with Crippen LogP contribution >= 0.6 is 0 Å². The highest BCUT2D eigenvalue weighted by molar-refractivity contribution is 5.21. The van der Waals surface area contributed by atoms with Gasteiger partial charge in [-0.05, 0) is 39.5 Å². The molecule has 3 heteroatoms. The average Bonchev–Trinajstić information content (AvgIpc) is 2.55. The van der Waals surface area contributed by atoms with E-state index in [1.807, 2.05) is 0 Å². The Hall–Kier alpha value is -0.900. The first kappa shape index (κ1) is 14.5. The van der Waals surface area contributed by atoms with E-state index in [1.165, 1.54) is 30.6 Å². The first-order valence-electron chi connectivity index (χ1n) is 7.32. The van der Waals surface area contributed by atoms with Crippen LogP contribution in [0.5, 0.6) is 0 Å². The molecule has 1 aliphatic rings. The Labute approximate surface area is 117 Å². The standard InChI is InChI=1S/C16H27N3/c1-14-5-7-15(8-6-14)12-19-10-4-9-18(3)13-16(19)11-17-2/h5-8,16-17H,4,9-13H2,1-3H3. The minimum absolute atomic E-state index is 0.610. The minimum Gasteiger partial charge on any atom is -0.318 e. The summed E-state index contributed by atoms with van der Waals surface area (Å²) in [5.74, 6) is 0. The Kier molecular flexibility index (Phi) is 5.37. The Bertz CT molecular complexity index is 374. The number of rotatable bonds is 4. The molecule has 0 spiro atoms. The van der Waals surface area contributed by atoms with E-state index in [2.05, 4.69) is 60.4 Å². The zero-order valence-electron chi connectivity index (χ0n) is 12.5. The van der Waals surface area contributed by atoms with Crippen molar-refractivity contribution in [2.45, 2.75) is 25.9 Å². The number of likely N-dealkylation sites (N-methyl/N-ethyl adjacent to an activating group) is 2. The summed E-state index contributed by atoms with van der Waals surface area (Å²) >= 11 is 0. The molecule has 1 saturated heterocycles. The Morgan fingerprint density at radius 3 is 2.63 bits per heavy atom. The molecule has 1 aromatic rings. The molecule has 19 heavy (non-hydrogen) atoms. The lowest BCUT2D eigenvalue weighted by Gasteiger charge is -2.31. The van der Waals surface area contributed by atoms with Gasteiger partial charge in [0.05, 0.1) is 0 Å². The lowest BCUT2D eigenvalue weighted by molar-refractivity contribution is 0.179. The first-order valence-corrected chi connectivity index (χ1v) is 7.32. The lowest BCUT2D eigenvalue weighted by atomic mass is 10.1. The third kappa shape index (κ3) is 4.30. The lowest BCUT2D eigenvalue weighted by Crippen LogP contribution is -2.45. The van der Waals surface area contributed by atoms with Crippen LogP contribution in [0.3, 0.4) is 0 Å². The summed E-state index contributed by atoms with van der Waals surface area (Å²) in [7, 11) is 4.28. The predicted molar refractivity (Wildman–Crippen MR) is 81.4 cm³/mol. The Balaban J connectivity index is 2.04. The first-order chi connectivity index (χ1) is 9.19. The van der Waals surface area contributed by atoms with E-state index in [9.17, 15) is 0 Å². The van der Waals surface area contributed by atoms with E-state index in [0.29, 0.717) is 6.04 Å². The number of benzene rings is 1. The van der Waals surface area contributed by atoms with Gasteiger partial charge in [-0.2, -0.15) is 0 Å². The van der Waals surface area contributed by atoms with Gasteiger partial charge in [0.25, 0.3) is 0 Å². The molecule has 0 amide bonds. The summed E-state index contributed by atoms with van der Waals surface area (Å²) in [6.07, 6.45) is 1.27. The average molecular weight is 261 g/mol. The number of hydrogen-bond acceptors (Lipinski definition) is 3. The molecule has 1 aromatic carbocycles. The topological polar surface area (TPSA) is 18.5 Å². The predicted octanol–water partition coefficient (Wildman–Crippen LogP) is 1.72. The van der Waals surface area contributed by atoms with E-state index in [0.717, 1.165) is 19.6 Å². The summed E-state index contributed by atoms with van der Waals surface area (Å²) in [4.78, 5) is 5.09. The monoisotopic (exact) mass is 261 g/mol. The smallest absolute Gasteiger partial charge is 0.0351 e. The highest BCUT2D eigenvalue weighted by Crippen LogP contribution is 2.14. The maximum Gasteiger partial charge on any atom is 0.0351 e. The summed E-state index contributed by atoms with van der Waals surface area (Å²) in [6, 6.07) is 9.57. The second-order valence-electron chi connectivity index (χ2n) is 5.78. The van der Waals surface area contributed by atoms with E-state index in [1.54, 1.807) is 0 Å². The van der Waals surface area contributed by atoms with E-state index in [-0.39, 0.29) is 0 Å². The van der Waals surface area contributed by atoms with Crippen molar-refractivity contribution < 1.29 is 0 Å². The van der Waals surface area contributed by atoms with Crippen molar-refractivity contribution >= 4 is 0 Å². The highest BCUT2D eigenvalue weighted by Gasteiger charge is 2.22. The molecule has 3 nitrogen and oxygen atoms in total. The molecule has 1 aliphatic heterocycles. The van der Waals surface area contributed by atoms with Gasteiger partial charge < -0.3 is 10.2 Å². The number of aryl methyl sites for hydroxylation is 1. The molecule has 0 radical (unpaired) electrons. The third-order valence-corrected chi connectivity index (χ3v) is 3.97. The third-order valence-electron chi connectivity index (χ3n) is 3.97. The van der Waals surface area contributed by atoms with Gasteiger partial charge in [0, 0.05) is 32.2 Å². The fourth-order valence-corrected chi connectivity index (χ4v) is 2.86. The SMILES string of the molecule is CNCC1CN(C)CCCN1Cc1ccc(C)cc1.